The minimum absolute atomic E-state index is 0.364. The lowest BCUT2D eigenvalue weighted by Crippen LogP contribution is -2.29. The molecule has 108 valence electrons. The molecule has 1 aromatic heterocycles. The zero-order chi connectivity index (χ0) is 14.8. The fourth-order valence-electron chi connectivity index (χ4n) is 1.58. The molecule has 0 amide bonds. The molecule has 0 fully saturated rings. The second kappa shape index (κ2) is 5.96. The normalized spacial score (nSPS) is 13.3. The van der Waals surface area contributed by atoms with Crippen molar-refractivity contribution in [2.45, 2.75) is 11.0 Å². The molecule has 1 atom stereocenters. The molecule has 0 aliphatic rings. The van der Waals surface area contributed by atoms with E-state index in [4.69, 9.17) is 0 Å². The summed E-state index contributed by atoms with van der Waals surface area (Å²) in [4.78, 5) is -0.486. The highest BCUT2D eigenvalue weighted by molar-refractivity contribution is 7.89. The number of sulfonamides is 1. The van der Waals surface area contributed by atoms with Crippen LogP contribution in [-0.4, -0.2) is 20.1 Å². The van der Waals surface area contributed by atoms with Crippen LogP contribution in [0, 0.1) is 11.6 Å². The third-order valence-electron chi connectivity index (χ3n) is 2.53. The maximum atomic E-state index is 13.4. The van der Waals surface area contributed by atoms with Crippen molar-refractivity contribution in [3.63, 3.8) is 0 Å². The first kappa shape index (κ1) is 15.0. The molecular weight excluding hydrogens is 308 g/mol. The minimum Gasteiger partial charge on any atom is -0.386 e. The Bertz CT molecular complexity index is 666. The Morgan fingerprint density at radius 3 is 2.40 bits per heavy atom. The number of rotatable bonds is 5. The van der Waals surface area contributed by atoms with Crippen molar-refractivity contribution in [2.75, 3.05) is 6.54 Å². The van der Waals surface area contributed by atoms with Gasteiger partial charge in [-0.3, -0.25) is 0 Å². The molecule has 2 N–H and O–H groups in total. The van der Waals surface area contributed by atoms with Crippen LogP contribution in [0.15, 0.2) is 40.6 Å². The minimum atomic E-state index is -4.36. The summed E-state index contributed by atoms with van der Waals surface area (Å²) in [6, 6.07) is 6.12. The number of benzene rings is 1. The molecule has 1 unspecified atom stereocenters. The molecule has 2 rings (SSSR count). The monoisotopic (exact) mass is 319 g/mol. The first-order chi connectivity index (χ1) is 9.42. The van der Waals surface area contributed by atoms with Crippen LogP contribution in [-0.2, 0) is 10.0 Å². The average molecular weight is 319 g/mol. The predicted molar refractivity (Wildman–Crippen MR) is 70.8 cm³/mol. The van der Waals surface area contributed by atoms with Gasteiger partial charge in [-0.05, 0) is 23.6 Å². The number of hydrogen-bond donors (Lipinski definition) is 2. The van der Waals surface area contributed by atoms with Gasteiger partial charge in [0.15, 0.2) is 4.90 Å². The van der Waals surface area contributed by atoms with Crippen molar-refractivity contribution >= 4 is 21.4 Å². The van der Waals surface area contributed by atoms with Crippen LogP contribution in [0.2, 0.25) is 0 Å². The van der Waals surface area contributed by atoms with Gasteiger partial charge in [0.1, 0.15) is 17.7 Å². The Morgan fingerprint density at radius 2 is 1.85 bits per heavy atom. The summed E-state index contributed by atoms with van der Waals surface area (Å²) in [5.41, 5.74) is 0. The topological polar surface area (TPSA) is 66.4 Å². The summed E-state index contributed by atoms with van der Waals surface area (Å²) in [5.74, 6) is -2.36. The van der Waals surface area contributed by atoms with Crippen LogP contribution >= 0.6 is 11.3 Å². The first-order valence-electron chi connectivity index (χ1n) is 5.57. The smallest absolute Gasteiger partial charge is 0.246 e. The molecule has 0 aliphatic heterocycles. The van der Waals surface area contributed by atoms with Crippen molar-refractivity contribution in [2.24, 2.45) is 0 Å². The molecule has 4 nitrogen and oxygen atoms in total. The lowest BCUT2D eigenvalue weighted by molar-refractivity contribution is 0.185. The molecule has 0 bridgehead atoms. The molecule has 8 heteroatoms. The maximum absolute atomic E-state index is 13.4. The Morgan fingerprint density at radius 1 is 1.20 bits per heavy atom. The number of hydrogen-bond acceptors (Lipinski definition) is 4. The Labute approximate surface area is 118 Å². The van der Waals surface area contributed by atoms with Gasteiger partial charge in [0.2, 0.25) is 10.0 Å². The summed E-state index contributed by atoms with van der Waals surface area (Å²) in [7, 11) is -4.36. The summed E-state index contributed by atoms with van der Waals surface area (Å²) in [5, 5.41) is 11.5. The summed E-state index contributed by atoms with van der Waals surface area (Å²) < 4.78 is 52.5. The van der Waals surface area contributed by atoms with Gasteiger partial charge in [-0.2, -0.15) is 0 Å². The van der Waals surface area contributed by atoms with Gasteiger partial charge in [0.25, 0.3) is 0 Å². The SMILES string of the molecule is O=S(=O)(NCC(O)c1cccs1)c1c(F)cccc1F. The number of halogens is 2. The van der Waals surface area contributed by atoms with Gasteiger partial charge in [-0.15, -0.1) is 11.3 Å². The first-order valence-corrected chi connectivity index (χ1v) is 7.93. The highest BCUT2D eigenvalue weighted by Crippen LogP contribution is 2.21. The second-order valence-corrected chi connectivity index (χ2v) is 6.62. The standard InChI is InChI=1S/C12H11F2NO3S2/c13-8-3-1-4-9(14)12(8)20(17,18)15-7-10(16)11-5-2-6-19-11/h1-6,10,15-16H,7H2. The van der Waals surface area contributed by atoms with E-state index in [0.717, 1.165) is 18.2 Å². The third-order valence-corrected chi connectivity index (χ3v) is 4.97. The number of aliphatic hydroxyl groups is 1. The van der Waals surface area contributed by atoms with Gasteiger partial charge in [0, 0.05) is 11.4 Å². The Hall–Kier alpha value is -1.35. The van der Waals surface area contributed by atoms with Crippen LogP contribution in [0.4, 0.5) is 8.78 Å². The average Bonchev–Trinajstić information content (AvgIpc) is 2.89. The third kappa shape index (κ3) is 3.21. The molecule has 0 saturated carbocycles. The molecule has 2 aromatic rings. The van der Waals surface area contributed by atoms with E-state index in [0.29, 0.717) is 4.88 Å². The Balaban J connectivity index is 2.16. The van der Waals surface area contributed by atoms with E-state index in [1.54, 1.807) is 17.5 Å². The molecule has 1 aromatic carbocycles. The summed E-state index contributed by atoms with van der Waals surface area (Å²) >= 11 is 1.25. The lowest BCUT2D eigenvalue weighted by Gasteiger charge is -2.11. The fraction of sp³-hybridized carbons (Fsp3) is 0.167. The maximum Gasteiger partial charge on any atom is 0.246 e. The number of nitrogens with one attached hydrogen (secondary N) is 1. The molecule has 0 saturated heterocycles. The van der Waals surface area contributed by atoms with Crippen LogP contribution < -0.4 is 4.72 Å². The van der Waals surface area contributed by atoms with Gasteiger partial charge < -0.3 is 5.11 Å². The fourth-order valence-corrected chi connectivity index (χ4v) is 3.46. The van der Waals surface area contributed by atoms with E-state index in [9.17, 15) is 22.3 Å². The van der Waals surface area contributed by atoms with Crippen LogP contribution in [0.1, 0.15) is 11.0 Å². The van der Waals surface area contributed by atoms with E-state index in [1.807, 2.05) is 4.72 Å². The quantitative estimate of drug-likeness (QED) is 0.886. The number of aliphatic hydroxyl groups excluding tert-OH is 1. The van der Waals surface area contributed by atoms with Gasteiger partial charge in [-0.1, -0.05) is 12.1 Å². The van der Waals surface area contributed by atoms with Crippen molar-refractivity contribution in [1.29, 1.82) is 0 Å². The van der Waals surface area contributed by atoms with E-state index >= 15 is 0 Å². The van der Waals surface area contributed by atoms with Crippen LogP contribution in [0.5, 0.6) is 0 Å². The van der Waals surface area contributed by atoms with Gasteiger partial charge in [-0.25, -0.2) is 21.9 Å². The molecular formula is C12H11F2NO3S2. The van der Waals surface area contributed by atoms with E-state index in [1.165, 1.54) is 11.3 Å². The highest BCUT2D eigenvalue weighted by Gasteiger charge is 2.24. The zero-order valence-corrected chi connectivity index (χ0v) is 11.7. The second-order valence-electron chi connectivity index (χ2n) is 3.93. The summed E-state index contributed by atoms with van der Waals surface area (Å²) in [6.45, 7) is -0.364. The molecule has 0 aliphatic carbocycles. The van der Waals surface area contributed by atoms with Gasteiger partial charge >= 0.3 is 0 Å². The van der Waals surface area contributed by atoms with Crippen LogP contribution in [0.25, 0.3) is 0 Å². The van der Waals surface area contributed by atoms with E-state index in [-0.39, 0.29) is 6.54 Å². The van der Waals surface area contributed by atoms with E-state index < -0.39 is 32.7 Å². The largest absolute Gasteiger partial charge is 0.386 e. The van der Waals surface area contributed by atoms with Crippen molar-refractivity contribution in [3.8, 4) is 0 Å². The summed E-state index contributed by atoms with van der Waals surface area (Å²) in [6.07, 6.45) is -1.07. The number of thiophene rings is 1. The van der Waals surface area contributed by atoms with Gasteiger partial charge in [0.05, 0.1) is 0 Å². The highest BCUT2D eigenvalue weighted by atomic mass is 32.2. The van der Waals surface area contributed by atoms with Crippen molar-refractivity contribution in [3.05, 3.63) is 52.2 Å². The Kier molecular flexibility index (Phi) is 4.48. The molecule has 0 radical (unpaired) electrons. The van der Waals surface area contributed by atoms with E-state index in [2.05, 4.69) is 0 Å². The van der Waals surface area contributed by atoms with Crippen molar-refractivity contribution in [1.82, 2.24) is 4.72 Å². The van der Waals surface area contributed by atoms with Crippen LogP contribution in [0.3, 0.4) is 0 Å². The molecule has 20 heavy (non-hydrogen) atoms. The predicted octanol–water partition coefficient (Wildman–Crippen LogP) is 2.04. The van der Waals surface area contributed by atoms with Crippen molar-refractivity contribution < 1.29 is 22.3 Å². The molecule has 0 spiro atoms. The lowest BCUT2D eigenvalue weighted by atomic mass is 10.3. The zero-order valence-electron chi connectivity index (χ0n) is 10.1. The molecule has 1 heterocycles.